The summed E-state index contributed by atoms with van der Waals surface area (Å²) in [4.78, 5) is 10.8. The summed E-state index contributed by atoms with van der Waals surface area (Å²) in [7, 11) is 0. The molecule has 0 heterocycles. The van der Waals surface area contributed by atoms with Gasteiger partial charge in [-0.2, -0.15) is 0 Å². The topological polar surface area (TPSA) is 17.1 Å². The summed E-state index contributed by atoms with van der Waals surface area (Å²) in [5.41, 5.74) is 1.28. The molecule has 0 aliphatic heterocycles. The summed E-state index contributed by atoms with van der Waals surface area (Å²) in [6.45, 7) is 2.15. The van der Waals surface area contributed by atoms with Crippen LogP contribution in [0.5, 0.6) is 0 Å². The maximum Gasteiger partial charge on any atom is 0.156 e. The minimum absolute atomic E-state index is 0.135. The molecule has 2 heteroatoms. The van der Waals surface area contributed by atoms with E-state index in [1.54, 1.807) is 0 Å². The van der Waals surface area contributed by atoms with Gasteiger partial charge in [-0.25, -0.2) is 0 Å². The predicted octanol–water partition coefficient (Wildman–Crippen LogP) is 3.28. The van der Waals surface area contributed by atoms with E-state index >= 15 is 0 Å². The molecule has 0 unspecified atom stereocenters. The Balaban J connectivity index is 3.17. The van der Waals surface area contributed by atoms with Crippen LogP contribution >= 0.6 is 11.6 Å². The van der Waals surface area contributed by atoms with Gasteiger partial charge in [-0.05, 0) is 12.5 Å². The lowest BCUT2D eigenvalue weighted by Gasteiger charge is -1.94. The molecule has 0 aliphatic carbocycles. The first-order valence-electron chi connectivity index (χ1n) is 4.11. The van der Waals surface area contributed by atoms with E-state index in [1.807, 2.05) is 0 Å². The number of carbonyl (C=O) groups is 1. The second kappa shape index (κ2) is 7.80. The van der Waals surface area contributed by atoms with E-state index < -0.39 is 0 Å². The lowest BCUT2D eigenvalue weighted by molar-refractivity contribution is -0.114. The molecule has 64 valence electrons. The van der Waals surface area contributed by atoms with Crippen molar-refractivity contribution in [3.8, 4) is 0 Å². The van der Waals surface area contributed by atoms with Crippen molar-refractivity contribution in [3.05, 3.63) is 11.6 Å². The average molecular weight is 175 g/mol. The van der Waals surface area contributed by atoms with Crippen LogP contribution in [0, 0.1) is 0 Å². The molecule has 0 saturated heterocycles. The van der Waals surface area contributed by atoms with Crippen molar-refractivity contribution < 1.29 is 4.79 Å². The Morgan fingerprint density at radius 3 is 2.64 bits per heavy atom. The Labute approximate surface area is 73.4 Å². The number of rotatable bonds is 6. The van der Waals surface area contributed by atoms with Gasteiger partial charge in [0, 0.05) is 12.0 Å². The lowest BCUT2D eigenvalue weighted by Crippen LogP contribution is -1.91. The largest absolute Gasteiger partial charge is 0.295 e. The molecular weight excluding hydrogens is 160 g/mol. The van der Waals surface area contributed by atoms with Gasteiger partial charge in [0.25, 0.3) is 0 Å². The Kier molecular flexibility index (Phi) is 7.59. The molecule has 0 atom stereocenters. The van der Waals surface area contributed by atoms with Crippen molar-refractivity contribution in [2.45, 2.75) is 39.0 Å². The van der Waals surface area contributed by atoms with Gasteiger partial charge in [0.2, 0.25) is 0 Å². The van der Waals surface area contributed by atoms with Crippen LogP contribution in [-0.4, -0.2) is 5.78 Å². The minimum atomic E-state index is 0.135. The van der Waals surface area contributed by atoms with Crippen molar-refractivity contribution in [2.24, 2.45) is 0 Å². The molecule has 0 radical (unpaired) electrons. The van der Waals surface area contributed by atoms with E-state index in [9.17, 15) is 4.79 Å². The fraction of sp³-hybridized carbons (Fsp3) is 0.667. The summed E-state index contributed by atoms with van der Waals surface area (Å²) in [5.74, 6) is 0.135. The summed E-state index contributed by atoms with van der Waals surface area (Å²) in [6, 6.07) is 0. The first-order valence-corrected chi connectivity index (χ1v) is 4.54. The number of carbonyl (C=O) groups excluding carboxylic acids is 1. The highest BCUT2D eigenvalue weighted by Crippen LogP contribution is 2.03. The van der Waals surface area contributed by atoms with Crippen LogP contribution in [0.15, 0.2) is 11.6 Å². The Morgan fingerprint density at radius 2 is 2.09 bits per heavy atom. The lowest BCUT2D eigenvalue weighted by atomic mass is 10.1. The smallest absolute Gasteiger partial charge is 0.156 e. The van der Waals surface area contributed by atoms with Crippen LogP contribution in [0.4, 0.5) is 0 Å². The molecule has 0 spiro atoms. The third-order valence-electron chi connectivity index (χ3n) is 1.53. The first kappa shape index (κ1) is 10.7. The van der Waals surface area contributed by atoms with Crippen molar-refractivity contribution in [1.29, 1.82) is 0 Å². The summed E-state index contributed by atoms with van der Waals surface area (Å²) in [5, 5.41) is 0. The highest BCUT2D eigenvalue weighted by atomic mass is 35.5. The Hall–Kier alpha value is -0.300. The second-order valence-corrected chi connectivity index (χ2v) is 2.82. The van der Waals surface area contributed by atoms with Crippen LogP contribution in [0.25, 0.3) is 0 Å². The molecule has 0 aromatic heterocycles. The molecule has 1 nitrogen and oxygen atoms in total. The van der Waals surface area contributed by atoms with Crippen LogP contribution in [0.2, 0.25) is 0 Å². The maximum atomic E-state index is 10.8. The van der Waals surface area contributed by atoms with Crippen LogP contribution in [0.1, 0.15) is 39.0 Å². The van der Waals surface area contributed by atoms with E-state index in [4.69, 9.17) is 11.6 Å². The normalized spacial score (nSPS) is 10.7. The Morgan fingerprint density at radius 1 is 1.36 bits per heavy atom. The fourth-order valence-electron chi connectivity index (χ4n) is 0.880. The number of allylic oxidation sites excluding steroid dienone is 1. The molecule has 0 bridgehead atoms. The third kappa shape index (κ3) is 7.60. The van der Waals surface area contributed by atoms with Gasteiger partial charge >= 0.3 is 0 Å². The number of unbranched alkanes of at least 4 members (excludes halogenated alkanes) is 3. The highest BCUT2D eigenvalue weighted by molar-refractivity contribution is 6.26. The van der Waals surface area contributed by atoms with E-state index in [0.29, 0.717) is 6.42 Å². The van der Waals surface area contributed by atoms with Gasteiger partial charge < -0.3 is 0 Å². The van der Waals surface area contributed by atoms with Crippen LogP contribution in [-0.2, 0) is 4.79 Å². The minimum Gasteiger partial charge on any atom is -0.295 e. The van der Waals surface area contributed by atoms with E-state index in [-0.39, 0.29) is 5.78 Å². The van der Waals surface area contributed by atoms with Gasteiger partial charge in [0.05, 0.1) is 0 Å². The molecule has 11 heavy (non-hydrogen) atoms. The summed E-state index contributed by atoms with van der Waals surface area (Å²) >= 11 is 5.24. The SMILES string of the molecule is CCCCCCC(=O)/C=C/Cl. The predicted molar refractivity (Wildman–Crippen MR) is 48.8 cm³/mol. The molecule has 0 aromatic carbocycles. The highest BCUT2D eigenvalue weighted by Gasteiger charge is 1.94. The van der Waals surface area contributed by atoms with Crippen molar-refractivity contribution >= 4 is 17.4 Å². The molecule has 0 fully saturated rings. The fourth-order valence-corrected chi connectivity index (χ4v) is 1.02. The quantitative estimate of drug-likeness (QED) is 0.446. The zero-order chi connectivity index (χ0) is 8.53. The summed E-state index contributed by atoms with van der Waals surface area (Å²) < 4.78 is 0. The van der Waals surface area contributed by atoms with Crippen molar-refractivity contribution in [1.82, 2.24) is 0 Å². The van der Waals surface area contributed by atoms with Crippen molar-refractivity contribution in [3.63, 3.8) is 0 Å². The number of halogens is 1. The molecule has 0 aromatic rings. The van der Waals surface area contributed by atoms with Gasteiger partial charge in [-0.1, -0.05) is 37.8 Å². The molecule has 0 rings (SSSR count). The maximum absolute atomic E-state index is 10.8. The number of ketones is 1. The van der Waals surface area contributed by atoms with Crippen LogP contribution < -0.4 is 0 Å². The Bertz CT molecular complexity index is 130. The van der Waals surface area contributed by atoms with E-state index in [1.165, 1.54) is 24.5 Å². The third-order valence-corrected chi connectivity index (χ3v) is 1.65. The molecule has 0 N–H and O–H groups in total. The standard InChI is InChI=1S/C9H15ClO/c1-2-3-4-5-6-9(11)7-8-10/h7-8H,2-6H2,1H3/b8-7+. The first-order chi connectivity index (χ1) is 5.31. The van der Waals surface area contributed by atoms with E-state index in [0.717, 1.165) is 12.8 Å². The van der Waals surface area contributed by atoms with Gasteiger partial charge in [-0.3, -0.25) is 4.79 Å². The van der Waals surface area contributed by atoms with E-state index in [2.05, 4.69) is 6.92 Å². The monoisotopic (exact) mass is 174 g/mol. The number of hydrogen-bond acceptors (Lipinski definition) is 1. The molecule has 0 saturated carbocycles. The van der Waals surface area contributed by atoms with Gasteiger partial charge in [0.1, 0.15) is 0 Å². The van der Waals surface area contributed by atoms with Crippen molar-refractivity contribution in [2.75, 3.05) is 0 Å². The second-order valence-electron chi connectivity index (χ2n) is 2.57. The molecule has 0 aliphatic rings. The number of hydrogen-bond donors (Lipinski definition) is 0. The average Bonchev–Trinajstić information content (AvgIpc) is 1.99. The van der Waals surface area contributed by atoms with Gasteiger partial charge in [-0.15, -0.1) is 0 Å². The summed E-state index contributed by atoms with van der Waals surface area (Å²) in [6.07, 6.45) is 6.64. The molecular formula is C9H15ClO. The van der Waals surface area contributed by atoms with Crippen LogP contribution in [0.3, 0.4) is 0 Å². The zero-order valence-electron chi connectivity index (χ0n) is 6.98. The molecule has 0 amide bonds. The van der Waals surface area contributed by atoms with Gasteiger partial charge in [0.15, 0.2) is 5.78 Å². The zero-order valence-corrected chi connectivity index (χ0v) is 7.73.